The van der Waals surface area contributed by atoms with E-state index in [0.29, 0.717) is 0 Å². The Morgan fingerprint density at radius 2 is 1.89 bits per heavy atom. The molecule has 0 bridgehead atoms. The molecule has 7 heteroatoms. The Morgan fingerprint density at radius 3 is 2.57 bits per heavy atom. The van der Waals surface area contributed by atoms with Crippen LogP contribution < -0.4 is 4.90 Å². The monoisotopic (exact) mass is 412 g/mol. The average molecular weight is 413 g/mol. The van der Waals surface area contributed by atoms with Crippen LogP contribution in [0.2, 0.25) is 5.02 Å². The number of nitrogens with zero attached hydrogens (tertiary/aromatic N) is 4. The number of aliphatic imine (C=N–C) groups is 1. The third-order valence-corrected chi connectivity index (χ3v) is 5.78. The fourth-order valence-electron chi connectivity index (χ4n) is 3.09. The highest BCUT2D eigenvalue weighted by molar-refractivity contribution is 7.15. The van der Waals surface area contributed by atoms with E-state index in [2.05, 4.69) is 22.9 Å². The largest absolute Gasteiger partial charge is 0.378 e. The van der Waals surface area contributed by atoms with Gasteiger partial charge in [0.05, 0.1) is 18.9 Å². The molecule has 0 aliphatic carbocycles. The minimum Gasteiger partial charge on any atom is -0.378 e. The molecule has 0 N–H and O–H groups in total. The lowest BCUT2D eigenvalue weighted by atomic mass is 10.1. The number of aromatic nitrogens is 2. The molecule has 0 amide bonds. The van der Waals surface area contributed by atoms with E-state index in [1.165, 1.54) is 0 Å². The lowest BCUT2D eigenvalue weighted by molar-refractivity contribution is 0.122. The smallest absolute Gasteiger partial charge is 0.210 e. The highest BCUT2D eigenvalue weighted by atomic mass is 35.5. The summed E-state index contributed by atoms with van der Waals surface area (Å²) in [6.45, 7) is 7.32. The van der Waals surface area contributed by atoms with E-state index in [4.69, 9.17) is 26.3 Å². The number of benzene rings is 1. The third kappa shape index (κ3) is 4.24. The molecule has 2 aromatic heterocycles. The molecule has 1 aliphatic rings. The first-order valence-electron chi connectivity index (χ1n) is 9.18. The molecule has 0 atom stereocenters. The van der Waals surface area contributed by atoms with Crippen molar-refractivity contribution in [1.82, 2.24) is 9.97 Å². The lowest BCUT2D eigenvalue weighted by Gasteiger charge is -2.27. The molecule has 1 saturated heterocycles. The molecule has 3 heterocycles. The predicted octanol–water partition coefficient (Wildman–Crippen LogP) is 5.14. The van der Waals surface area contributed by atoms with E-state index in [1.807, 2.05) is 43.5 Å². The van der Waals surface area contributed by atoms with Crippen LogP contribution in [0.25, 0.3) is 11.3 Å². The van der Waals surface area contributed by atoms with Gasteiger partial charge in [-0.05, 0) is 38.1 Å². The first kappa shape index (κ1) is 19.1. The van der Waals surface area contributed by atoms with Gasteiger partial charge in [-0.25, -0.2) is 15.0 Å². The Morgan fingerprint density at radius 1 is 1.14 bits per heavy atom. The van der Waals surface area contributed by atoms with Gasteiger partial charge >= 0.3 is 0 Å². The number of morpholine rings is 1. The molecule has 144 valence electrons. The molecule has 3 aromatic rings. The quantitative estimate of drug-likeness (QED) is 0.556. The maximum absolute atomic E-state index is 5.99. The Kier molecular flexibility index (Phi) is 5.71. The van der Waals surface area contributed by atoms with E-state index < -0.39 is 0 Å². The topological polar surface area (TPSA) is 50.6 Å². The molecule has 0 radical (unpaired) electrons. The van der Waals surface area contributed by atoms with Crippen molar-refractivity contribution >= 4 is 39.6 Å². The molecule has 28 heavy (non-hydrogen) atoms. The second-order valence-corrected chi connectivity index (χ2v) is 8.23. The first-order valence-corrected chi connectivity index (χ1v) is 10.4. The average Bonchev–Trinajstić information content (AvgIpc) is 3.09. The Labute approximate surface area is 173 Å². The van der Waals surface area contributed by atoms with E-state index in [1.54, 1.807) is 11.3 Å². The van der Waals surface area contributed by atoms with Gasteiger partial charge in [-0.1, -0.05) is 35.1 Å². The Hall–Kier alpha value is -2.28. The fourth-order valence-corrected chi connectivity index (χ4v) is 4.07. The van der Waals surface area contributed by atoms with Crippen molar-refractivity contribution in [3.8, 4) is 11.3 Å². The first-order chi connectivity index (χ1) is 13.6. The summed E-state index contributed by atoms with van der Waals surface area (Å²) in [5.74, 6) is 0.981. The van der Waals surface area contributed by atoms with Crippen LogP contribution in [0.1, 0.15) is 17.4 Å². The minimum atomic E-state index is 0.721. The summed E-state index contributed by atoms with van der Waals surface area (Å²) in [4.78, 5) is 17.4. The highest BCUT2D eigenvalue weighted by Gasteiger charge is 2.13. The molecule has 0 unspecified atom stereocenters. The number of hydrogen-bond acceptors (Lipinski definition) is 6. The van der Waals surface area contributed by atoms with Crippen LogP contribution in [0, 0.1) is 6.92 Å². The molecule has 1 aromatic carbocycles. The van der Waals surface area contributed by atoms with Crippen molar-refractivity contribution in [2.75, 3.05) is 31.2 Å². The summed E-state index contributed by atoms with van der Waals surface area (Å²) in [5.41, 5.74) is 3.90. The van der Waals surface area contributed by atoms with Gasteiger partial charge in [-0.3, -0.25) is 0 Å². The number of anilines is 1. The summed E-state index contributed by atoms with van der Waals surface area (Å²) in [6, 6.07) is 11.8. The summed E-state index contributed by atoms with van der Waals surface area (Å²) in [7, 11) is 0. The number of halogens is 1. The van der Waals surface area contributed by atoms with Crippen LogP contribution in [0.5, 0.6) is 0 Å². The zero-order valence-electron chi connectivity index (χ0n) is 15.9. The zero-order chi connectivity index (χ0) is 19.5. The van der Waals surface area contributed by atoms with Crippen molar-refractivity contribution in [3.63, 3.8) is 0 Å². The van der Waals surface area contributed by atoms with Gasteiger partial charge < -0.3 is 9.64 Å². The number of ether oxygens (including phenoxy) is 1. The zero-order valence-corrected chi connectivity index (χ0v) is 17.4. The number of pyridine rings is 1. The molecule has 5 nitrogen and oxygen atoms in total. The third-order valence-electron chi connectivity index (χ3n) is 4.67. The normalized spacial score (nSPS) is 15.1. The lowest BCUT2D eigenvalue weighted by Crippen LogP contribution is -2.36. The minimum absolute atomic E-state index is 0.721. The summed E-state index contributed by atoms with van der Waals surface area (Å²) >= 11 is 7.57. The maximum Gasteiger partial charge on any atom is 0.210 e. The second kappa shape index (κ2) is 8.39. The predicted molar refractivity (Wildman–Crippen MR) is 116 cm³/mol. The van der Waals surface area contributed by atoms with Gasteiger partial charge in [0.1, 0.15) is 5.82 Å². The molecule has 1 aliphatic heterocycles. The van der Waals surface area contributed by atoms with E-state index in [-0.39, 0.29) is 0 Å². The van der Waals surface area contributed by atoms with Gasteiger partial charge in [0.25, 0.3) is 0 Å². The van der Waals surface area contributed by atoms with Crippen molar-refractivity contribution in [1.29, 1.82) is 0 Å². The van der Waals surface area contributed by atoms with Crippen molar-refractivity contribution in [2.45, 2.75) is 13.8 Å². The number of hydrogen-bond donors (Lipinski definition) is 0. The standard InChI is InChI=1S/C21H21ClN4OS/c1-14(17-5-8-19(23-13-17)26-9-11-27-12-10-26)24-21-25-20(15(2)28-21)16-3-6-18(22)7-4-16/h3-8,13H,9-12H2,1-2H3. The van der Waals surface area contributed by atoms with Crippen LogP contribution in [0.15, 0.2) is 47.6 Å². The van der Waals surface area contributed by atoms with Gasteiger partial charge in [0.15, 0.2) is 0 Å². The molecule has 0 saturated carbocycles. The summed E-state index contributed by atoms with van der Waals surface area (Å²) in [6.07, 6.45) is 1.88. The van der Waals surface area contributed by atoms with Crippen LogP contribution in [0.3, 0.4) is 0 Å². The van der Waals surface area contributed by atoms with Crippen molar-refractivity contribution in [3.05, 3.63) is 58.1 Å². The Bertz CT molecular complexity index is 977. The molecular weight excluding hydrogens is 392 g/mol. The fraction of sp³-hybridized carbons (Fsp3) is 0.286. The van der Waals surface area contributed by atoms with Gasteiger partial charge in [-0.15, -0.1) is 0 Å². The van der Waals surface area contributed by atoms with Gasteiger partial charge in [-0.2, -0.15) is 0 Å². The second-order valence-electron chi connectivity index (χ2n) is 6.61. The van der Waals surface area contributed by atoms with Gasteiger partial charge in [0, 0.05) is 46.0 Å². The Balaban J connectivity index is 1.54. The van der Waals surface area contributed by atoms with Crippen LogP contribution in [-0.4, -0.2) is 42.0 Å². The van der Waals surface area contributed by atoms with Crippen LogP contribution in [0.4, 0.5) is 10.9 Å². The highest BCUT2D eigenvalue weighted by Crippen LogP contribution is 2.32. The summed E-state index contributed by atoms with van der Waals surface area (Å²) in [5, 5.41) is 1.47. The van der Waals surface area contributed by atoms with E-state index in [0.717, 1.165) is 69.7 Å². The molecular formula is C21H21ClN4OS. The van der Waals surface area contributed by atoms with Crippen LogP contribution in [-0.2, 0) is 4.74 Å². The van der Waals surface area contributed by atoms with Crippen molar-refractivity contribution in [2.24, 2.45) is 4.99 Å². The molecule has 1 fully saturated rings. The van der Waals surface area contributed by atoms with Crippen molar-refractivity contribution < 1.29 is 4.74 Å². The van der Waals surface area contributed by atoms with Gasteiger partial charge in [0.2, 0.25) is 5.13 Å². The van der Waals surface area contributed by atoms with E-state index in [9.17, 15) is 0 Å². The SMILES string of the molecule is CC(=Nc1nc(-c2ccc(Cl)cc2)c(C)s1)c1ccc(N2CCOCC2)nc1. The summed E-state index contributed by atoms with van der Waals surface area (Å²) < 4.78 is 5.40. The number of aryl methyl sites for hydroxylation is 1. The van der Waals surface area contributed by atoms with Crippen LogP contribution >= 0.6 is 22.9 Å². The number of rotatable bonds is 4. The van der Waals surface area contributed by atoms with E-state index >= 15 is 0 Å². The maximum atomic E-state index is 5.99. The number of thiazole rings is 1. The molecule has 0 spiro atoms. The molecule has 4 rings (SSSR count).